The SMILES string of the molecule is CSC1CCC(NCC2CCCc3ccccc32)C1. The molecule has 0 saturated heterocycles. The van der Waals surface area contributed by atoms with Gasteiger partial charge in [0.2, 0.25) is 0 Å². The molecule has 1 saturated carbocycles. The Labute approximate surface area is 121 Å². The molecule has 1 aromatic carbocycles. The van der Waals surface area contributed by atoms with Gasteiger partial charge in [-0.2, -0.15) is 11.8 Å². The maximum absolute atomic E-state index is 3.84. The predicted octanol–water partition coefficient (Wildman–Crippen LogP) is 3.98. The average Bonchev–Trinajstić information content (AvgIpc) is 2.93. The second-order valence-corrected chi connectivity index (χ2v) is 7.20. The summed E-state index contributed by atoms with van der Waals surface area (Å²) in [4.78, 5) is 0. The fourth-order valence-electron chi connectivity index (χ4n) is 3.72. The molecule has 0 radical (unpaired) electrons. The Morgan fingerprint density at radius 1 is 1.21 bits per heavy atom. The van der Waals surface area contributed by atoms with E-state index in [1.54, 1.807) is 11.1 Å². The van der Waals surface area contributed by atoms with Crippen molar-refractivity contribution in [2.45, 2.75) is 55.7 Å². The van der Waals surface area contributed by atoms with Crippen LogP contribution >= 0.6 is 11.8 Å². The third-order valence-electron chi connectivity index (χ3n) is 4.86. The van der Waals surface area contributed by atoms with E-state index in [1.165, 1.54) is 45.1 Å². The zero-order valence-corrected chi connectivity index (χ0v) is 12.7. The molecule has 0 spiro atoms. The van der Waals surface area contributed by atoms with Crippen LogP contribution < -0.4 is 5.32 Å². The summed E-state index contributed by atoms with van der Waals surface area (Å²) >= 11 is 2.05. The second kappa shape index (κ2) is 6.32. The molecule has 2 aliphatic carbocycles. The van der Waals surface area contributed by atoms with Gasteiger partial charge in [-0.25, -0.2) is 0 Å². The summed E-state index contributed by atoms with van der Waals surface area (Å²) in [5.41, 5.74) is 3.20. The normalized spacial score (nSPS) is 30.3. The first kappa shape index (κ1) is 13.5. The fraction of sp³-hybridized carbons (Fsp3) is 0.647. The van der Waals surface area contributed by atoms with Crippen molar-refractivity contribution < 1.29 is 0 Å². The van der Waals surface area contributed by atoms with E-state index < -0.39 is 0 Å². The summed E-state index contributed by atoms with van der Waals surface area (Å²) in [5, 5.41) is 4.74. The smallest absolute Gasteiger partial charge is 0.00782 e. The third kappa shape index (κ3) is 3.17. The molecule has 1 N–H and O–H groups in total. The summed E-state index contributed by atoms with van der Waals surface area (Å²) < 4.78 is 0. The van der Waals surface area contributed by atoms with Gasteiger partial charge in [-0.3, -0.25) is 0 Å². The highest BCUT2D eigenvalue weighted by molar-refractivity contribution is 7.99. The van der Waals surface area contributed by atoms with Crippen molar-refractivity contribution in [2.24, 2.45) is 0 Å². The van der Waals surface area contributed by atoms with E-state index >= 15 is 0 Å². The van der Waals surface area contributed by atoms with Gasteiger partial charge in [0.25, 0.3) is 0 Å². The molecule has 19 heavy (non-hydrogen) atoms. The molecule has 1 fully saturated rings. The molecular formula is C17H25NS. The molecule has 1 nitrogen and oxygen atoms in total. The predicted molar refractivity (Wildman–Crippen MR) is 85.1 cm³/mol. The van der Waals surface area contributed by atoms with E-state index in [1.807, 2.05) is 11.8 Å². The molecule has 3 atom stereocenters. The Balaban J connectivity index is 1.57. The monoisotopic (exact) mass is 275 g/mol. The summed E-state index contributed by atoms with van der Waals surface area (Å²) in [6.45, 7) is 1.18. The third-order valence-corrected chi connectivity index (χ3v) is 5.96. The van der Waals surface area contributed by atoms with Gasteiger partial charge < -0.3 is 5.32 Å². The van der Waals surface area contributed by atoms with Crippen LogP contribution in [0.1, 0.15) is 49.1 Å². The van der Waals surface area contributed by atoms with Gasteiger partial charge in [0.15, 0.2) is 0 Å². The van der Waals surface area contributed by atoms with Gasteiger partial charge in [0, 0.05) is 17.8 Å². The van der Waals surface area contributed by atoms with Gasteiger partial charge in [-0.05, 0) is 61.8 Å². The first-order chi connectivity index (χ1) is 9.36. The Morgan fingerprint density at radius 2 is 2.11 bits per heavy atom. The van der Waals surface area contributed by atoms with E-state index in [-0.39, 0.29) is 0 Å². The molecule has 1 aromatic rings. The van der Waals surface area contributed by atoms with Gasteiger partial charge in [0.05, 0.1) is 0 Å². The molecule has 0 bridgehead atoms. The lowest BCUT2D eigenvalue weighted by atomic mass is 9.83. The number of thioether (sulfide) groups is 1. The molecular weight excluding hydrogens is 250 g/mol. The maximum Gasteiger partial charge on any atom is 0.00782 e. The molecule has 104 valence electrons. The minimum absolute atomic E-state index is 0.748. The van der Waals surface area contributed by atoms with Crippen molar-refractivity contribution in [3.8, 4) is 0 Å². The standard InChI is InChI=1S/C17H25NS/c1-19-16-10-9-15(11-16)18-12-14-7-4-6-13-5-2-3-8-17(13)14/h2-3,5,8,14-16,18H,4,6-7,9-12H2,1H3. The van der Waals surface area contributed by atoms with Crippen molar-refractivity contribution in [3.63, 3.8) is 0 Å². The number of hydrogen-bond acceptors (Lipinski definition) is 2. The highest BCUT2D eigenvalue weighted by atomic mass is 32.2. The fourth-order valence-corrected chi connectivity index (χ4v) is 4.51. The molecule has 2 heteroatoms. The lowest BCUT2D eigenvalue weighted by Crippen LogP contribution is -2.32. The quantitative estimate of drug-likeness (QED) is 0.892. The number of fused-ring (bicyclic) bond motifs is 1. The summed E-state index contributed by atoms with van der Waals surface area (Å²) in [6.07, 6.45) is 10.4. The summed E-state index contributed by atoms with van der Waals surface area (Å²) in [7, 11) is 0. The first-order valence-electron chi connectivity index (χ1n) is 7.71. The van der Waals surface area contributed by atoms with E-state index in [0.29, 0.717) is 0 Å². The van der Waals surface area contributed by atoms with Crippen LogP contribution in [0.2, 0.25) is 0 Å². The van der Waals surface area contributed by atoms with Crippen LogP contribution in [-0.2, 0) is 6.42 Å². The van der Waals surface area contributed by atoms with Crippen LogP contribution in [0, 0.1) is 0 Å². The summed E-state index contributed by atoms with van der Waals surface area (Å²) in [5.74, 6) is 0.748. The van der Waals surface area contributed by atoms with Crippen LogP contribution in [0.3, 0.4) is 0 Å². The second-order valence-electron chi connectivity index (χ2n) is 6.06. The van der Waals surface area contributed by atoms with E-state index in [4.69, 9.17) is 0 Å². The Hall–Kier alpha value is -0.470. The van der Waals surface area contributed by atoms with Crippen LogP contribution in [0.15, 0.2) is 24.3 Å². The number of aryl methyl sites for hydroxylation is 1. The molecule has 0 aromatic heterocycles. The average molecular weight is 275 g/mol. The van der Waals surface area contributed by atoms with Crippen molar-refractivity contribution >= 4 is 11.8 Å². The van der Waals surface area contributed by atoms with Crippen molar-refractivity contribution in [1.82, 2.24) is 5.32 Å². The van der Waals surface area contributed by atoms with Crippen LogP contribution in [0.4, 0.5) is 0 Å². The number of benzene rings is 1. The zero-order valence-electron chi connectivity index (χ0n) is 11.9. The van der Waals surface area contributed by atoms with Crippen LogP contribution in [0.25, 0.3) is 0 Å². The Kier molecular flexibility index (Phi) is 4.49. The molecule has 2 aliphatic rings. The largest absolute Gasteiger partial charge is 0.313 e. The first-order valence-corrected chi connectivity index (χ1v) is 8.99. The molecule has 3 rings (SSSR count). The highest BCUT2D eigenvalue weighted by Crippen LogP contribution is 2.32. The Bertz CT molecular complexity index is 417. The number of nitrogens with one attached hydrogen (secondary N) is 1. The number of rotatable bonds is 4. The molecule has 0 amide bonds. The molecule has 0 heterocycles. The lowest BCUT2D eigenvalue weighted by molar-refractivity contribution is 0.454. The van der Waals surface area contributed by atoms with Gasteiger partial charge in [-0.15, -0.1) is 0 Å². The van der Waals surface area contributed by atoms with Crippen molar-refractivity contribution in [2.75, 3.05) is 12.8 Å². The lowest BCUT2D eigenvalue weighted by Gasteiger charge is -2.27. The molecule has 0 aliphatic heterocycles. The summed E-state index contributed by atoms with van der Waals surface area (Å²) in [6, 6.07) is 9.83. The molecule has 3 unspecified atom stereocenters. The Morgan fingerprint density at radius 3 is 2.95 bits per heavy atom. The van der Waals surface area contributed by atoms with Crippen LogP contribution in [-0.4, -0.2) is 24.1 Å². The van der Waals surface area contributed by atoms with Crippen LogP contribution in [0.5, 0.6) is 0 Å². The van der Waals surface area contributed by atoms with E-state index in [0.717, 1.165) is 17.2 Å². The minimum atomic E-state index is 0.748. The topological polar surface area (TPSA) is 12.0 Å². The van der Waals surface area contributed by atoms with Gasteiger partial charge in [0.1, 0.15) is 0 Å². The zero-order chi connectivity index (χ0) is 13.1. The minimum Gasteiger partial charge on any atom is -0.313 e. The van der Waals surface area contributed by atoms with E-state index in [2.05, 4.69) is 35.8 Å². The van der Waals surface area contributed by atoms with Gasteiger partial charge >= 0.3 is 0 Å². The maximum atomic E-state index is 3.84. The van der Waals surface area contributed by atoms with Crippen molar-refractivity contribution in [1.29, 1.82) is 0 Å². The highest BCUT2D eigenvalue weighted by Gasteiger charge is 2.25. The van der Waals surface area contributed by atoms with Gasteiger partial charge in [-0.1, -0.05) is 24.3 Å². The number of hydrogen-bond donors (Lipinski definition) is 1. The van der Waals surface area contributed by atoms with E-state index in [9.17, 15) is 0 Å². The van der Waals surface area contributed by atoms with Crippen molar-refractivity contribution in [3.05, 3.63) is 35.4 Å².